The number of carbonyl (C=O) groups is 3. The fourth-order valence-corrected chi connectivity index (χ4v) is 2.84. The van der Waals surface area contributed by atoms with Crippen LogP contribution in [0, 0.1) is 11.8 Å². The molecule has 0 aliphatic heterocycles. The smallest absolute Gasteiger partial charge is 0.373 e. The van der Waals surface area contributed by atoms with E-state index in [0.717, 1.165) is 38.5 Å². The van der Waals surface area contributed by atoms with E-state index in [1.807, 2.05) is 0 Å². The van der Waals surface area contributed by atoms with Gasteiger partial charge in [-0.3, -0.25) is 9.59 Å². The van der Waals surface area contributed by atoms with Gasteiger partial charge in [-0.2, -0.15) is 0 Å². The minimum absolute atomic E-state index is 0.334. The number of Topliss-reactive ketones (excluding diaryl/α,β-unsaturated/α-hetero) is 1. The molecule has 5 heteroatoms. The maximum absolute atomic E-state index is 11.6. The molecule has 0 aromatic rings. The zero-order valence-electron chi connectivity index (χ0n) is 11.1. The van der Waals surface area contributed by atoms with Crippen molar-refractivity contribution in [3.63, 3.8) is 0 Å². The Balaban J connectivity index is 2.75. The molecule has 0 amide bonds. The first kappa shape index (κ1) is 15.7. The van der Waals surface area contributed by atoms with Gasteiger partial charge >= 0.3 is 11.9 Å². The van der Waals surface area contributed by atoms with E-state index < -0.39 is 23.6 Å². The topological polar surface area (TPSA) is 91.7 Å². The first-order valence-electron chi connectivity index (χ1n) is 7.04. The second-order valence-corrected chi connectivity index (χ2v) is 5.30. The molecule has 19 heavy (non-hydrogen) atoms. The summed E-state index contributed by atoms with van der Waals surface area (Å²) >= 11 is 0. The highest BCUT2D eigenvalue weighted by Crippen LogP contribution is 2.28. The van der Waals surface area contributed by atoms with Crippen molar-refractivity contribution >= 4 is 17.7 Å². The first-order valence-corrected chi connectivity index (χ1v) is 7.04. The fourth-order valence-electron chi connectivity index (χ4n) is 2.84. The Morgan fingerprint density at radius 3 is 1.58 bits per heavy atom. The molecule has 1 rings (SSSR count). The summed E-state index contributed by atoms with van der Waals surface area (Å²) in [6.07, 6.45) is 8.57. The summed E-state index contributed by atoms with van der Waals surface area (Å²) in [6.45, 7) is 0. The number of aliphatic carboxylic acids is 2. The van der Waals surface area contributed by atoms with Gasteiger partial charge in [0.1, 0.15) is 5.92 Å². The van der Waals surface area contributed by atoms with Gasteiger partial charge in [-0.25, -0.2) is 4.79 Å². The van der Waals surface area contributed by atoms with Gasteiger partial charge in [0.2, 0.25) is 0 Å². The number of hydrogen-bond donors (Lipinski definition) is 2. The van der Waals surface area contributed by atoms with E-state index in [1.54, 1.807) is 0 Å². The van der Waals surface area contributed by atoms with Crippen LogP contribution in [0.5, 0.6) is 0 Å². The molecule has 108 valence electrons. The zero-order chi connectivity index (χ0) is 14.3. The Bertz CT molecular complexity index is 327. The van der Waals surface area contributed by atoms with E-state index in [2.05, 4.69) is 0 Å². The highest BCUT2D eigenvalue weighted by molar-refractivity contribution is 6.37. The predicted molar refractivity (Wildman–Crippen MR) is 68.8 cm³/mol. The molecular weight excluding hydrogens is 248 g/mol. The number of hydrogen-bond acceptors (Lipinski definition) is 3. The van der Waals surface area contributed by atoms with Gasteiger partial charge in [-0.15, -0.1) is 0 Å². The summed E-state index contributed by atoms with van der Waals surface area (Å²) in [5.41, 5.74) is 0. The third kappa shape index (κ3) is 5.01. The van der Waals surface area contributed by atoms with Crippen molar-refractivity contribution in [3.05, 3.63) is 0 Å². The van der Waals surface area contributed by atoms with Crippen molar-refractivity contribution < 1.29 is 24.6 Å². The average molecular weight is 270 g/mol. The van der Waals surface area contributed by atoms with Crippen LogP contribution in [0.15, 0.2) is 0 Å². The lowest BCUT2D eigenvalue weighted by Crippen LogP contribution is -2.36. The van der Waals surface area contributed by atoms with Crippen LogP contribution in [0.4, 0.5) is 0 Å². The quantitative estimate of drug-likeness (QED) is 0.605. The number of carboxylic acid groups (broad SMARTS) is 2. The summed E-state index contributed by atoms with van der Waals surface area (Å²) in [5, 5.41) is 17.9. The predicted octanol–water partition coefficient (Wildman–Crippen LogP) is 2.48. The Morgan fingerprint density at radius 1 is 0.789 bits per heavy atom. The van der Waals surface area contributed by atoms with Gasteiger partial charge in [-0.05, 0) is 18.8 Å². The summed E-state index contributed by atoms with van der Waals surface area (Å²) in [7, 11) is 0. The van der Waals surface area contributed by atoms with E-state index in [9.17, 15) is 14.4 Å². The molecule has 1 atom stereocenters. The van der Waals surface area contributed by atoms with Crippen molar-refractivity contribution in [2.45, 2.75) is 57.8 Å². The fraction of sp³-hybridized carbons (Fsp3) is 0.786. The summed E-state index contributed by atoms with van der Waals surface area (Å²) in [6, 6.07) is 0. The molecule has 1 aliphatic carbocycles. The second-order valence-electron chi connectivity index (χ2n) is 5.30. The molecule has 0 bridgehead atoms. The van der Waals surface area contributed by atoms with Crippen molar-refractivity contribution in [3.8, 4) is 0 Å². The molecule has 1 aliphatic rings. The monoisotopic (exact) mass is 270 g/mol. The highest BCUT2D eigenvalue weighted by atomic mass is 16.4. The lowest BCUT2D eigenvalue weighted by Gasteiger charge is -2.22. The van der Waals surface area contributed by atoms with E-state index in [4.69, 9.17) is 10.2 Å². The normalized spacial score (nSPS) is 20.4. The molecule has 2 N–H and O–H groups in total. The third-order valence-electron chi connectivity index (χ3n) is 3.88. The molecule has 0 aromatic heterocycles. The van der Waals surface area contributed by atoms with Gasteiger partial charge < -0.3 is 10.2 Å². The van der Waals surface area contributed by atoms with Crippen LogP contribution in [0.2, 0.25) is 0 Å². The molecule has 0 heterocycles. The van der Waals surface area contributed by atoms with Crippen LogP contribution in [0.25, 0.3) is 0 Å². The van der Waals surface area contributed by atoms with Crippen molar-refractivity contribution in [1.29, 1.82) is 0 Å². The van der Waals surface area contributed by atoms with Gasteiger partial charge in [0.05, 0.1) is 0 Å². The lowest BCUT2D eigenvalue weighted by molar-refractivity contribution is -0.159. The molecule has 0 saturated heterocycles. The minimum atomic E-state index is -1.63. The Kier molecular flexibility index (Phi) is 6.53. The molecule has 1 unspecified atom stereocenters. The summed E-state index contributed by atoms with van der Waals surface area (Å²) in [4.78, 5) is 33.5. The van der Waals surface area contributed by atoms with E-state index in [-0.39, 0.29) is 5.92 Å². The van der Waals surface area contributed by atoms with Gasteiger partial charge in [0, 0.05) is 0 Å². The van der Waals surface area contributed by atoms with E-state index in [0.29, 0.717) is 12.8 Å². The maximum Gasteiger partial charge on any atom is 0.373 e. The van der Waals surface area contributed by atoms with Crippen LogP contribution in [0.3, 0.4) is 0 Å². The van der Waals surface area contributed by atoms with Crippen LogP contribution in [-0.4, -0.2) is 27.9 Å². The number of ketones is 1. The second kappa shape index (κ2) is 7.92. The molecule has 1 saturated carbocycles. The molecule has 1 fully saturated rings. The van der Waals surface area contributed by atoms with Crippen molar-refractivity contribution in [2.75, 3.05) is 0 Å². The van der Waals surface area contributed by atoms with E-state index >= 15 is 0 Å². The Hall–Kier alpha value is -1.39. The van der Waals surface area contributed by atoms with Crippen molar-refractivity contribution in [1.82, 2.24) is 0 Å². The maximum atomic E-state index is 11.6. The highest BCUT2D eigenvalue weighted by Gasteiger charge is 2.37. The SMILES string of the molecule is O=C(O)C(=O)C(C(=O)O)C1CCCCCCCCC1. The zero-order valence-corrected chi connectivity index (χ0v) is 11.1. The van der Waals surface area contributed by atoms with Crippen molar-refractivity contribution in [2.24, 2.45) is 11.8 Å². The molecular formula is C14H22O5. The van der Waals surface area contributed by atoms with Crippen LogP contribution in [-0.2, 0) is 14.4 Å². The van der Waals surface area contributed by atoms with Gasteiger partial charge in [-0.1, -0.05) is 44.9 Å². The van der Waals surface area contributed by atoms with Gasteiger partial charge in [0.25, 0.3) is 5.78 Å². The standard InChI is InChI=1S/C14H22O5/c15-12(14(18)19)11(13(16)17)10-8-6-4-2-1-3-5-7-9-10/h10-11H,1-9H2,(H,16,17)(H,18,19). The van der Waals surface area contributed by atoms with E-state index in [1.165, 1.54) is 6.42 Å². The molecule has 5 nitrogen and oxygen atoms in total. The minimum Gasteiger partial charge on any atom is -0.481 e. The third-order valence-corrected chi connectivity index (χ3v) is 3.88. The number of rotatable bonds is 4. The largest absolute Gasteiger partial charge is 0.481 e. The number of carbonyl (C=O) groups excluding carboxylic acids is 1. The first-order chi connectivity index (χ1) is 9.04. The average Bonchev–Trinajstić information content (AvgIpc) is 2.36. The molecule has 0 radical (unpaired) electrons. The Labute approximate surface area is 113 Å². The number of carboxylic acids is 2. The van der Waals surface area contributed by atoms with Crippen LogP contribution >= 0.6 is 0 Å². The van der Waals surface area contributed by atoms with Crippen LogP contribution < -0.4 is 0 Å². The summed E-state index contributed by atoms with van der Waals surface area (Å²) in [5.74, 6) is -5.82. The Morgan fingerprint density at radius 2 is 1.21 bits per heavy atom. The van der Waals surface area contributed by atoms with Crippen LogP contribution in [0.1, 0.15) is 57.8 Å². The molecule has 0 spiro atoms. The van der Waals surface area contributed by atoms with Gasteiger partial charge in [0.15, 0.2) is 0 Å². The summed E-state index contributed by atoms with van der Waals surface area (Å²) < 4.78 is 0. The molecule has 0 aromatic carbocycles. The lowest BCUT2D eigenvalue weighted by atomic mass is 9.80.